The Hall–Kier alpha value is -1.14. The molecule has 0 aromatic rings. The highest BCUT2D eigenvalue weighted by Crippen LogP contribution is 2.25. The Morgan fingerprint density at radius 3 is 2.45 bits per heavy atom. The molecule has 22 heavy (non-hydrogen) atoms. The van der Waals surface area contributed by atoms with Gasteiger partial charge in [0.2, 0.25) is 11.8 Å². The van der Waals surface area contributed by atoms with Gasteiger partial charge in [-0.05, 0) is 18.8 Å². The van der Waals surface area contributed by atoms with Crippen LogP contribution in [0.15, 0.2) is 0 Å². The van der Waals surface area contributed by atoms with E-state index >= 15 is 0 Å². The highest BCUT2D eigenvalue weighted by Gasteiger charge is 2.17. The first-order valence-corrected chi connectivity index (χ1v) is 8.70. The van der Waals surface area contributed by atoms with E-state index in [1.54, 1.807) is 0 Å². The monoisotopic (exact) mass is 310 g/mol. The van der Waals surface area contributed by atoms with Crippen molar-refractivity contribution in [3.8, 4) is 0 Å². The predicted molar refractivity (Wildman–Crippen MR) is 86.5 cm³/mol. The van der Waals surface area contributed by atoms with Crippen LogP contribution >= 0.6 is 0 Å². The van der Waals surface area contributed by atoms with Gasteiger partial charge in [0.25, 0.3) is 0 Å². The summed E-state index contributed by atoms with van der Waals surface area (Å²) < 4.78 is 0. The quantitative estimate of drug-likeness (QED) is 0.623. The van der Waals surface area contributed by atoms with Gasteiger partial charge in [-0.15, -0.1) is 0 Å². The summed E-state index contributed by atoms with van der Waals surface area (Å²) in [5, 5.41) is 8.92. The second-order valence-electron chi connectivity index (χ2n) is 6.43. The Labute approximate surface area is 133 Å². The van der Waals surface area contributed by atoms with Crippen LogP contribution in [0.4, 0.5) is 0 Å². The van der Waals surface area contributed by atoms with Crippen molar-refractivity contribution in [2.75, 3.05) is 45.8 Å². The molecule has 0 radical (unpaired) electrons. The zero-order chi connectivity index (χ0) is 15.6. The molecule has 1 saturated heterocycles. The third-order valence-corrected chi connectivity index (χ3v) is 4.60. The molecular formula is C16H30N4O2. The normalized spacial score (nSPS) is 20.5. The van der Waals surface area contributed by atoms with Crippen LogP contribution in [0.2, 0.25) is 0 Å². The molecule has 0 aromatic carbocycles. The maximum Gasteiger partial charge on any atom is 0.239 e. The maximum absolute atomic E-state index is 11.8. The minimum Gasteiger partial charge on any atom is -0.353 e. The van der Waals surface area contributed by atoms with Crippen LogP contribution in [-0.4, -0.2) is 62.5 Å². The van der Waals surface area contributed by atoms with Crippen molar-refractivity contribution in [3.63, 3.8) is 0 Å². The zero-order valence-electron chi connectivity index (χ0n) is 13.5. The fraction of sp³-hybridized carbons (Fsp3) is 0.875. The second kappa shape index (κ2) is 9.79. The SMILES string of the molecule is O=C(CNC(=O)CC1CCCCC1)NCCN1CCNCC1. The maximum atomic E-state index is 11.8. The molecule has 126 valence electrons. The summed E-state index contributed by atoms with van der Waals surface area (Å²) in [5.74, 6) is 0.445. The second-order valence-corrected chi connectivity index (χ2v) is 6.43. The standard InChI is InChI=1S/C16H30N4O2/c21-15(12-14-4-2-1-3-5-14)19-13-16(22)18-8-11-20-9-6-17-7-10-20/h14,17H,1-13H2,(H,18,22)(H,19,21). The molecule has 2 amide bonds. The van der Waals surface area contributed by atoms with E-state index in [1.807, 2.05) is 0 Å². The molecule has 6 nitrogen and oxygen atoms in total. The van der Waals surface area contributed by atoms with Crippen LogP contribution < -0.4 is 16.0 Å². The van der Waals surface area contributed by atoms with Gasteiger partial charge >= 0.3 is 0 Å². The molecule has 2 fully saturated rings. The third-order valence-electron chi connectivity index (χ3n) is 4.60. The van der Waals surface area contributed by atoms with Crippen molar-refractivity contribution < 1.29 is 9.59 Å². The Balaban J connectivity index is 1.50. The lowest BCUT2D eigenvalue weighted by Crippen LogP contribution is -2.47. The topological polar surface area (TPSA) is 73.5 Å². The van der Waals surface area contributed by atoms with E-state index in [-0.39, 0.29) is 18.4 Å². The molecule has 0 bridgehead atoms. The van der Waals surface area contributed by atoms with Crippen molar-refractivity contribution in [1.82, 2.24) is 20.9 Å². The van der Waals surface area contributed by atoms with Crippen LogP contribution in [0.25, 0.3) is 0 Å². The van der Waals surface area contributed by atoms with Gasteiger partial charge in [0.05, 0.1) is 6.54 Å². The van der Waals surface area contributed by atoms with Crippen LogP contribution in [0.3, 0.4) is 0 Å². The van der Waals surface area contributed by atoms with Crippen molar-refractivity contribution in [2.45, 2.75) is 38.5 Å². The Morgan fingerprint density at radius 2 is 1.73 bits per heavy atom. The van der Waals surface area contributed by atoms with E-state index in [1.165, 1.54) is 19.3 Å². The largest absolute Gasteiger partial charge is 0.353 e. The highest BCUT2D eigenvalue weighted by atomic mass is 16.2. The minimum absolute atomic E-state index is 0.0177. The van der Waals surface area contributed by atoms with Crippen LogP contribution in [0.1, 0.15) is 38.5 Å². The molecule has 2 rings (SSSR count). The minimum atomic E-state index is -0.0906. The summed E-state index contributed by atoms with van der Waals surface area (Å²) in [5.41, 5.74) is 0. The first-order chi connectivity index (χ1) is 10.7. The Morgan fingerprint density at radius 1 is 1.00 bits per heavy atom. The van der Waals surface area contributed by atoms with Crippen molar-refractivity contribution >= 4 is 11.8 Å². The molecule has 0 atom stereocenters. The fourth-order valence-corrected chi connectivity index (χ4v) is 3.26. The Kier molecular flexibility index (Phi) is 7.66. The van der Waals surface area contributed by atoms with Gasteiger partial charge < -0.3 is 16.0 Å². The number of carbonyl (C=O) groups excluding carboxylic acids is 2. The smallest absolute Gasteiger partial charge is 0.239 e. The van der Waals surface area contributed by atoms with E-state index in [4.69, 9.17) is 0 Å². The van der Waals surface area contributed by atoms with Crippen molar-refractivity contribution in [3.05, 3.63) is 0 Å². The first kappa shape index (κ1) is 17.2. The summed E-state index contributed by atoms with van der Waals surface area (Å²) in [6.45, 7) is 5.74. The molecule has 2 aliphatic rings. The van der Waals surface area contributed by atoms with Gasteiger partial charge in [-0.2, -0.15) is 0 Å². The third kappa shape index (κ3) is 6.75. The lowest BCUT2D eigenvalue weighted by Gasteiger charge is -2.27. The Bertz CT molecular complexity index is 350. The van der Waals surface area contributed by atoms with Crippen LogP contribution in [0, 0.1) is 5.92 Å². The molecule has 6 heteroatoms. The fourth-order valence-electron chi connectivity index (χ4n) is 3.26. The number of amides is 2. The lowest BCUT2D eigenvalue weighted by atomic mass is 9.87. The summed E-state index contributed by atoms with van der Waals surface area (Å²) >= 11 is 0. The summed E-state index contributed by atoms with van der Waals surface area (Å²) in [6, 6.07) is 0. The van der Waals surface area contributed by atoms with E-state index in [2.05, 4.69) is 20.9 Å². The van der Waals surface area contributed by atoms with Crippen LogP contribution in [-0.2, 0) is 9.59 Å². The number of rotatable bonds is 7. The zero-order valence-corrected chi connectivity index (χ0v) is 13.5. The van der Waals surface area contributed by atoms with Gasteiger partial charge in [-0.25, -0.2) is 0 Å². The number of carbonyl (C=O) groups is 2. The summed E-state index contributed by atoms with van der Waals surface area (Å²) in [4.78, 5) is 25.9. The molecular weight excluding hydrogens is 280 g/mol. The van der Waals surface area contributed by atoms with Crippen molar-refractivity contribution in [1.29, 1.82) is 0 Å². The van der Waals surface area contributed by atoms with Gasteiger partial charge in [-0.3, -0.25) is 14.5 Å². The molecule has 3 N–H and O–H groups in total. The number of piperazine rings is 1. The number of nitrogens with one attached hydrogen (secondary N) is 3. The van der Waals surface area contributed by atoms with E-state index in [0.717, 1.165) is 45.6 Å². The number of nitrogens with zero attached hydrogens (tertiary/aromatic N) is 1. The molecule has 1 aliphatic carbocycles. The average molecular weight is 310 g/mol. The van der Waals surface area contributed by atoms with E-state index < -0.39 is 0 Å². The average Bonchev–Trinajstić information content (AvgIpc) is 2.55. The van der Waals surface area contributed by atoms with Gasteiger partial charge in [0, 0.05) is 45.7 Å². The molecule has 0 unspecified atom stereocenters. The first-order valence-electron chi connectivity index (χ1n) is 8.70. The van der Waals surface area contributed by atoms with Gasteiger partial charge in [-0.1, -0.05) is 19.3 Å². The molecule has 0 spiro atoms. The molecule has 1 aliphatic heterocycles. The van der Waals surface area contributed by atoms with Gasteiger partial charge in [0.1, 0.15) is 0 Å². The summed E-state index contributed by atoms with van der Waals surface area (Å²) in [6.07, 6.45) is 6.67. The van der Waals surface area contributed by atoms with Crippen molar-refractivity contribution in [2.24, 2.45) is 5.92 Å². The van der Waals surface area contributed by atoms with Crippen LogP contribution in [0.5, 0.6) is 0 Å². The molecule has 0 aromatic heterocycles. The number of hydrogen-bond donors (Lipinski definition) is 3. The molecule has 1 saturated carbocycles. The van der Waals surface area contributed by atoms with Gasteiger partial charge in [0.15, 0.2) is 0 Å². The molecule has 1 heterocycles. The highest BCUT2D eigenvalue weighted by molar-refractivity contribution is 5.84. The predicted octanol–water partition coefficient (Wildman–Crippen LogP) is 0.0944. The number of hydrogen-bond acceptors (Lipinski definition) is 4. The van der Waals surface area contributed by atoms with E-state index in [9.17, 15) is 9.59 Å². The van der Waals surface area contributed by atoms with E-state index in [0.29, 0.717) is 18.9 Å². The summed E-state index contributed by atoms with van der Waals surface area (Å²) in [7, 11) is 0. The lowest BCUT2D eigenvalue weighted by molar-refractivity contribution is -0.126.